The normalized spacial score (nSPS) is 10.7. The number of nitrogens with zero attached hydrogens (tertiary/aromatic N) is 4. The van der Waals surface area contributed by atoms with Crippen molar-refractivity contribution >= 4 is 23.2 Å². The van der Waals surface area contributed by atoms with Crippen molar-refractivity contribution in [2.45, 2.75) is 13.5 Å². The van der Waals surface area contributed by atoms with E-state index in [1.807, 2.05) is 0 Å². The molecule has 0 aromatic carbocycles. The largest absolute Gasteiger partial charge is 0.465 e. The average Bonchev–Trinajstić information content (AvgIpc) is 2.57. The molecule has 0 bridgehead atoms. The highest BCUT2D eigenvalue weighted by atomic mass is 35.5. The quantitative estimate of drug-likeness (QED) is 0.728. The monoisotopic (exact) mass is 256 g/mol. The minimum Gasteiger partial charge on any atom is -0.465 e. The van der Waals surface area contributed by atoms with Gasteiger partial charge >= 0.3 is 11.7 Å². The van der Waals surface area contributed by atoms with E-state index in [2.05, 4.69) is 10.2 Å². The standard InChI is InChI=1S/C9H9ClN4O3/c1-2-17-8(15)5-13-9(16)14-7(12-13)4-3-6(10)11-14/h3-4H,2,5H2,1H3. The smallest absolute Gasteiger partial charge is 0.367 e. The van der Waals surface area contributed by atoms with Crippen LogP contribution >= 0.6 is 11.6 Å². The Bertz CT molecular complexity index is 618. The number of aromatic nitrogens is 4. The summed E-state index contributed by atoms with van der Waals surface area (Å²) in [4.78, 5) is 23.0. The molecule has 0 N–H and O–H groups in total. The summed E-state index contributed by atoms with van der Waals surface area (Å²) >= 11 is 5.66. The predicted octanol–water partition coefficient (Wildman–Crippen LogP) is 0.107. The van der Waals surface area contributed by atoms with E-state index >= 15 is 0 Å². The first-order valence-corrected chi connectivity index (χ1v) is 5.27. The lowest BCUT2D eigenvalue weighted by Crippen LogP contribution is -2.26. The van der Waals surface area contributed by atoms with Crippen molar-refractivity contribution in [2.75, 3.05) is 6.61 Å². The molecule has 0 radical (unpaired) electrons. The summed E-state index contributed by atoms with van der Waals surface area (Å²) < 4.78 is 6.74. The highest BCUT2D eigenvalue weighted by Gasteiger charge is 2.12. The van der Waals surface area contributed by atoms with Gasteiger partial charge in [-0.2, -0.15) is 9.20 Å². The van der Waals surface area contributed by atoms with Gasteiger partial charge in [-0.25, -0.2) is 4.79 Å². The van der Waals surface area contributed by atoms with Gasteiger partial charge in [-0.1, -0.05) is 11.6 Å². The zero-order chi connectivity index (χ0) is 12.4. The summed E-state index contributed by atoms with van der Waals surface area (Å²) in [6, 6.07) is 3.05. The first-order valence-electron chi connectivity index (χ1n) is 4.90. The van der Waals surface area contributed by atoms with Crippen LogP contribution < -0.4 is 5.69 Å². The fourth-order valence-corrected chi connectivity index (χ4v) is 1.46. The van der Waals surface area contributed by atoms with Crippen molar-refractivity contribution in [2.24, 2.45) is 0 Å². The molecule has 0 spiro atoms. The molecule has 2 aromatic rings. The third-order valence-electron chi connectivity index (χ3n) is 1.99. The molecule has 0 atom stereocenters. The SMILES string of the molecule is CCOC(=O)Cn1nc2ccc(Cl)nn2c1=O. The molecule has 0 aliphatic rings. The minimum absolute atomic E-state index is 0.176. The van der Waals surface area contributed by atoms with E-state index in [1.165, 1.54) is 6.07 Å². The first-order chi connectivity index (χ1) is 8.11. The van der Waals surface area contributed by atoms with Crippen molar-refractivity contribution in [3.8, 4) is 0 Å². The molecule has 2 heterocycles. The number of halogens is 1. The second-order valence-electron chi connectivity index (χ2n) is 3.17. The fourth-order valence-electron chi connectivity index (χ4n) is 1.32. The molecule has 8 heteroatoms. The Hall–Kier alpha value is -1.89. The van der Waals surface area contributed by atoms with E-state index < -0.39 is 11.7 Å². The van der Waals surface area contributed by atoms with Gasteiger partial charge in [0.25, 0.3) is 0 Å². The number of ether oxygens (including phenoxy) is 1. The van der Waals surface area contributed by atoms with Gasteiger partial charge in [-0.15, -0.1) is 10.2 Å². The number of hydrogen-bond acceptors (Lipinski definition) is 5. The summed E-state index contributed by atoms with van der Waals surface area (Å²) in [5, 5.41) is 7.88. The van der Waals surface area contributed by atoms with Gasteiger partial charge < -0.3 is 4.74 Å². The van der Waals surface area contributed by atoms with Crippen molar-refractivity contribution in [3.63, 3.8) is 0 Å². The van der Waals surface area contributed by atoms with Crippen molar-refractivity contribution < 1.29 is 9.53 Å². The molecule has 0 amide bonds. The summed E-state index contributed by atoms with van der Waals surface area (Å²) in [5.41, 5.74) is -0.209. The molecule has 0 fully saturated rings. The van der Waals surface area contributed by atoms with Crippen LogP contribution in [0, 0.1) is 0 Å². The number of fused-ring (bicyclic) bond motifs is 1. The molecule has 17 heavy (non-hydrogen) atoms. The molecule has 90 valence electrons. The number of carbonyl (C=O) groups excluding carboxylic acids is 1. The van der Waals surface area contributed by atoms with Crippen molar-refractivity contribution in [3.05, 3.63) is 27.8 Å². The Morgan fingerprint density at radius 2 is 2.24 bits per heavy atom. The summed E-state index contributed by atoms with van der Waals surface area (Å²) in [6.07, 6.45) is 0. The van der Waals surface area contributed by atoms with Crippen LogP contribution in [0.25, 0.3) is 5.65 Å². The Morgan fingerprint density at radius 1 is 1.47 bits per heavy atom. The van der Waals surface area contributed by atoms with E-state index in [0.29, 0.717) is 5.65 Å². The maximum absolute atomic E-state index is 11.8. The Kier molecular flexibility index (Phi) is 3.10. The first kappa shape index (κ1) is 11.6. The number of esters is 1. The van der Waals surface area contributed by atoms with Gasteiger partial charge in [0.1, 0.15) is 11.7 Å². The lowest BCUT2D eigenvalue weighted by Gasteiger charge is -1.99. The van der Waals surface area contributed by atoms with Crippen LogP contribution in [0.2, 0.25) is 5.15 Å². The van der Waals surface area contributed by atoms with Crippen LogP contribution in [0.5, 0.6) is 0 Å². The summed E-state index contributed by atoms with van der Waals surface area (Å²) in [6.45, 7) is 1.70. The van der Waals surface area contributed by atoms with E-state index in [-0.39, 0.29) is 18.3 Å². The minimum atomic E-state index is -0.532. The predicted molar refractivity (Wildman–Crippen MR) is 58.9 cm³/mol. The molecule has 0 saturated carbocycles. The molecular weight excluding hydrogens is 248 g/mol. The zero-order valence-corrected chi connectivity index (χ0v) is 9.72. The fraction of sp³-hybridized carbons (Fsp3) is 0.333. The van der Waals surface area contributed by atoms with E-state index in [0.717, 1.165) is 9.20 Å². The molecule has 0 aliphatic heterocycles. The van der Waals surface area contributed by atoms with Gasteiger partial charge in [-0.3, -0.25) is 4.79 Å². The third-order valence-corrected chi connectivity index (χ3v) is 2.19. The van der Waals surface area contributed by atoms with Crippen molar-refractivity contribution in [1.29, 1.82) is 0 Å². The van der Waals surface area contributed by atoms with E-state index in [1.54, 1.807) is 13.0 Å². The molecule has 2 aromatic heterocycles. The second-order valence-corrected chi connectivity index (χ2v) is 3.56. The van der Waals surface area contributed by atoms with E-state index in [9.17, 15) is 9.59 Å². The summed E-state index contributed by atoms with van der Waals surface area (Å²) in [5.74, 6) is -0.524. The maximum Gasteiger partial charge on any atom is 0.367 e. The number of carbonyl (C=O) groups is 1. The number of rotatable bonds is 3. The molecule has 7 nitrogen and oxygen atoms in total. The summed E-state index contributed by atoms with van der Waals surface area (Å²) in [7, 11) is 0. The van der Waals surface area contributed by atoms with Crippen molar-refractivity contribution in [1.82, 2.24) is 19.4 Å². The third kappa shape index (κ3) is 2.28. The number of hydrogen-bond donors (Lipinski definition) is 0. The lowest BCUT2D eigenvalue weighted by molar-refractivity contribution is -0.144. The van der Waals surface area contributed by atoms with E-state index in [4.69, 9.17) is 16.3 Å². The van der Waals surface area contributed by atoms with Gasteiger partial charge in [0.15, 0.2) is 5.65 Å². The molecular formula is C9H9ClN4O3. The Morgan fingerprint density at radius 3 is 2.94 bits per heavy atom. The Balaban J connectivity index is 2.39. The highest BCUT2D eigenvalue weighted by Crippen LogP contribution is 2.03. The average molecular weight is 257 g/mol. The van der Waals surface area contributed by atoms with Crippen LogP contribution in [0.3, 0.4) is 0 Å². The van der Waals surface area contributed by atoms with Crippen LogP contribution in [0.4, 0.5) is 0 Å². The van der Waals surface area contributed by atoms with Crippen LogP contribution in [-0.4, -0.2) is 32.0 Å². The van der Waals surface area contributed by atoms with Crippen LogP contribution in [0.15, 0.2) is 16.9 Å². The molecule has 2 rings (SSSR count). The van der Waals surface area contributed by atoms with Gasteiger partial charge in [-0.05, 0) is 19.1 Å². The van der Waals surface area contributed by atoms with Gasteiger partial charge in [0.05, 0.1) is 6.61 Å². The van der Waals surface area contributed by atoms with Gasteiger partial charge in [0, 0.05) is 0 Å². The lowest BCUT2D eigenvalue weighted by atomic mass is 10.6. The van der Waals surface area contributed by atoms with Crippen LogP contribution in [-0.2, 0) is 16.1 Å². The van der Waals surface area contributed by atoms with Gasteiger partial charge in [0.2, 0.25) is 0 Å². The molecule has 0 unspecified atom stereocenters. The van der Waals surface area contributed by atoms with Crippen LogP contribution in [0.1, 0.15) is 6.92 Å². The maximum atomic E-state index is 11.8. The topological polar surface area (TPSA) is 78.5 Å². The molecule has 0 saturated heterocycles. The Labute approximate surface area is 101 Å². The molecule has 0 aliphatic carbocycles. The zero-order valence-electron chi connectivity index (χ0n) is 8.96. The second kappa shape index (κ2) is 4.54. The highest BCUT2D eigenvalue weighted by molar-refractivity contribution is 6.29.